The van der Waals surface area contributed by atoms with Crippen LogP contribution >= 0.6 is 11.3 Å². The van der Waals surface area contributed by atoms with Gasteiger partial charge in [-0.3, -0.25) is 10.2 Å². The summed E-state index contributed by atoms with van der Waals surface area (Å²) < 4.78 is 10.8. The third-order valence-corrected chi connectivity index (χ3v) is 5.87. The maximum atomic E-state index is 11.6. The summed E-state index contributed by atoms with van der Waals surface area (Å²) in [6, 6.07) is 18.5. The second-order valence-corrected chi connectivity index (χ2v) is 8.20. The molecule has 3 aromatic rings. The van der Waals surface area contributed by atoms with Crippen LogP contribution in [0.5, 0.6) is 5.75 Å². The number of hydrogen-bond donors (Lipinski definition) is 1. The molecule has 4 rings (SSSR count). The Morgan fingerprint density at radius 1 is 1.13 bits per heavy atom. The summed E-state index contributed by atoms with van der Waals surface area (Å²) in [4.78, 5) is 19.7. The number of aromatic nitrogens is 1. The van der Waals surface area contributed by atoms with Gasteiger partial charge < -0.3 is 9.47 Å². The Morgan fingerprint density at radius 2 is 1.93 bits per heavy atom. The molecule has 1 aliphatic heterocycles. The van der Waals surface area contributed by atoms with Crippen molar-refractivity contribution in [3.8, 4) is 5.75 Å². The fraction of sp³-hybridized carbons (Fsp3) is 0.304. The highest BCUT2D eigenvalue weighted by Crippen LogP contribution is 2.29. The van der Waals surface area contributed by atoms with Crippen molar-refractivity contribution in [1.82, 2.24) is 9.88 Å². The predicted molar refractivity (Wildman–Crippen MR) is 118 cm³/mol. The Bertz CT molecular complexity index is 973. The van der Waals surface area contributed by atoms with Crippen LogP contribution in [0.2, 0.25) is 0 Å². The molecule has 7 heteroatoms. The number of fused-ring (bicyclic) bond motifs is 1. The van der Waals surface area contributed by atoms with E-state index in [0.29, 0.717) is 18.3 Å². The van der Waals surface area contributed by atoms with Crippen LogP contribution in [0, 0.1) is 0 Å². The van der Waals surface area contributed by atoms with Crippen molar-refractivity contribution in [2.24, 2.45) is 0 Å². The van der Waals surface area contributed by atoms with Crippen LogP contribution in [0.15, 0.2) is 54.6 Å². The lowest BCUT2D eigenvalue weighted by Gasteiger charge is -2.25. The highest BCUT2D eigenvalue weighted by Gasteiger charge is 2.21. The van der Waals surface area contributed by atoms with Gasteiger partial charge in [-0.15, -0.1) is 0 Å². The zero-order valence-corrected chi connectivity index (χ0v) is 17.8. The zero-order chi connectivity index (χ0) is 20.8. The molecule has 0 saturated carbocycles. The Morgan fingerprint density at radius 3 is 2.70 bits per heavy atom. The molecular formula is C23H25N3O3S. The van der Waals surface area contributed by atoms with Crippen molar-refractivity contribution in [2.75, 3.05) is 18.5 Å². The van der Waals surface area contributed by atoms with Gasteiger partial charge in [0, 0.05) is 30.9 Å². The molecule has 0 saturated heterocycles. The molecule has 0 radical (unpaired) electrons. The SMILES string of the molecule is CCOC(=O)Nc1nc2c(s1)CN(Cc1ccc(OCc3ccccc3)cc1)CC2. The van der Waals surface area contributed by atoms with Crippen molar-refractivity contribution in [2.45, 2.75) is 33.0 Å². The summed E-state index contributed by atoms with van der Waals surface area (Å²) >= 11 is 1.53. The topological polar surface area (TPSA) is 63.7 Å². The van der Waals surface area contributed by atoms with Gasteiger partial charge in [0.25, 0.3) is 0 Å². The molecule has 0 spiro atoms. The van der Waals surface area contributed by atoms with Crippen molar-refractivity contribution < 1.29 is 14.3 Å². The van der Waals surface area contributed by atoms with E-state index in [-0.39, 0.29) is 0 Å². The number of nitrogens with one attached hydrogen (secondary N) is 1. The van der Waals surface area contributed by atoms with Crippen LogP contribution in [0.25, 0.3) is 0 Å². The highest BCUT2D eigenvalue weighted by atomic mass is 32.1. The number of rotatable bonds is 7. The molecule has 6 nitrogen and oxygen atoms in total. The van der Waals surface area contributed by atoms with Crippen LogP contribution in [0.4, 0.5) is 9.93 Å². The van der Waals surface area contributed by atoms with Gasteiger partial charge in [-0.25, -0.2) is 9.78 Å². The van der Waals surface area contributed by atoms with Gasteiger partial charge in [-0.05, 0) is 30.2 Å². The number of carbonyl (C=O) groups excluding carboxylic acids is 1. The number of hydrogen-bond acceptors (Lipinski definition) is 6. The molecule has 0 bridgehead atoms. The van der Waals surface area contributed by atoms with Gasteiger partial charge in [-0.2, -0.15) is 0 Å². The molecule has 2 aromatic carbocycles. The van der Waals surface area contributed by atoms with E-state index in [2.05, 4.69) is 39.5 Å². The van der Waals surface area contributed by atoms with Crippen LogP contribution in [-0.2, 0) is 30.9 Å². The summed E-state index contributed by atoms with van der Waals surface area (Å²) in [5.41, 5.74) is 3.49. The van der Waals surface area contributed by atoms with E-state index < -0.39 is 6.09 Å². The first kappa shape index (κ1) is 20.4. The third-order valence-electron chi connectivity index (χ3n) is 4.87. The molecule has 2 heterocycles. The second-order valence-electron chi connectivity index (χ2n) is 7.11. The molecule has 156 valence electrons. The van der Waals surface area contributed by atoms with Gasteiger partial charge in [0.2, 0.25) is 0 Å². The van der Waals surface area contributed by atoms with Crippen molar-refractivity contribution in [3.05, 3.63) is 76.3 Å². The lowest BCUT2D eigenvalue weighted by Crippen LogP contribution is -2.29. The fourth-order valence-electron chi connectivity index (χ4n) is 3.38. The summed E-state index contributed by atoms with van der Waals surface area (Å²) in [6.45, 7) is 5.36. The van der Waals surface area contributed by atoms with E-state index in [1.165, 1.54) is 21.8 Å². The smallest absolute Gasteiger partial charge is 0.413 e. The fourth-order valence-corrected chi connectivity index (χ4v) is 4.42. The van der Waals surface area contributed by atoms with E-state index in [4.69, 9.17) is 9.47 Å². The van der Waals surface area contributed by atoms with E-state index in [0.717, 1.165) is 43.1 Å². The number of anilines is 1. The van der Waals surface area contributed by atoms with Crippen LogP contribution in [0.3, 0.4) is 0 Å². The Hall–Kier alpha value is -2.90. The predicted octanol–water partition coefficient (Wildman–Crippen LogP) is 4.85. The minimum Gasteiger partial charge on any atom is -0.489 e. The Labute approximate surface area is 180 Å². The summed E-state index contributed by atoms with van der Waals surface area (Å²) in [7, 11) is 0. The third kappa shape index (κ3) is 5.37. The number of ether oxygens (including phenoxy) is 2. The van der Waals surface area contributed by atoms with E-state index in [1.807, 2.05) is 30.3 Å². The molecule has 1 amide bonds. The molecule has 0 atom stereocenters. The van der Waals surface area contributed by atoms with E-state index >= 15 is 0 Å². The molecule has 0 unspecified atom stereocenters. The van der Waals surface area contributed by atoms with E-state index in [1.54, 1.807) is 6.92 Å². The monoisotopic (exact) mass is 423 g/mol. The maximum Gasteiger partial charge on any atom is 0.413 e. The van der Waals surface area contributed by atoms with Gasteiger partial charge in [0.1, 0.15) is 12.4 Å². The standard InChI is InChI=1S/C23H25N3O3S/c1-2-28-23(27)25-22-24-20-12-13-26(15-21(20)30-22)14-17-8-10-19(11-9-17)29-16-18-6-4-3-5-7-18/h3-11H,2,12-16H2,1H3,(H,24,25,27). The van der Waals surface area contributed by atoms with Crippen LogP contribution < -0.4 is 10.1 Å². The summed E-state index contributed by atoms with van der Waals surface area (Å²) in [5.74, 6) is 0.876. The number of carbonyl (C=O) groups is 1. The first-order valence-electron chi connectivity index (χ1n) is 10.1. The lowest BCUT2D eigenvalue weighted by atomic mass is 10.1. The molecule has 1 aliphatic rings. The maximum absolute atomic E-state index is 11.6. The Balaban J connectivity index is 1.30. The minimum absolute atomic E-state index is 0.348. The first-order valence-corrected chi connectivity index (χ1v) is 10.9. The van der Waals surface area contributed by atoms with Gasteiger partial charge >= 0.3 is 6.09 Å². The normalized spacial score (nSPS) is 13.5. The number of amides is 1. The molecule has 0 aliphatic carbocycles. The van der Waals surface area contributed by atoms with Crippen molar-refractivity contribution in [3.63, 3.8) is 0 Å². The minimum atomic E-state index is -0.449. The largest absolute Gasteiger partial charge is 0.489 e. The number of benzene rings is 2. The Kier molecular flexibility index (Phi) is 6.61. The second kappa shape index (κ2) is 9.73. The van der Waals surface area contributed by atoms with Gasteiger partial charge in [0.05, 0.1) is 12.3 Å². The first-order chi connectivity index (χ1) is 14.7. The quantitative estimate of drug-likeness (QED) is 0.589. The lowest BCUT2D eigenvalue weighted by molar-refractivity contribution is 0.168. The number of thiazole rings is 1. The highest BCUT2D eigenvalue weighted by molar-refractivity contribution is 7.15. The van der Waals surface area contributed by atoms with Crippen molar-refractivity contribution in [1.29, 1.82) is 0 Å². The van der Waals surface area contributed by atoms with Crippen LogP contribution in [-0.4, -0.2) is 29.1 Å². The van der Waals surface area contributed by atoms with E-state index in [9.17, 15) is 4.79 Å². The summed E-state index contributed by atoms with van der Waals surface area (Å²) in [5, 5.41) is 3.32. The van der Waals surface area contributed by atoms with Gasteiger partial charge in [0.15, 0.2) is 5.13 Å². The van der Waals surface area contributed by atoms with Crippen LogP contribution in [0.1, 0.15) is 28.6 Å². The molecular weight excluding hydrogens is 398 g/mol. The molecule has 1 aromatic heterocycles. The number of nitrogens with zero attached hydrogens (tertiary/aromatic N) is 2. The molecule has 0 fully saturated rings. The summed E-state index contributed by atoms with van der Waals surface area (Å²) in [6.07, 6.45) is 0.434. The van der Waals surface area contributed by atoms with Gasteiger partial charge in [-0.1, -0.05) is 53.8 Å². The molecule has 1 N–H and O–H groups in total. The van der Waals surface area contributed by atoms with Crippen molar-refractivity contribution >= 4 is 22.6 Å². The zero-order valence-electron chi connectivity index (χ0n) is 17.0. The average molecular weight is 424 g/mol. The molecule has 30 heavy (non-hydrogen) atoms. The average Bonchev–Trinajstić information content (AvgIpc) is 3.15.